The minimum atomic E-state index is -0.288. The number of nitrogens with zero attached hydrogens (tertiary/aromatic N) is 1. The average molecular weight is 324 g/mol. The molecule has 4 nitrogen and oxygen atoms in total. The first-order chi connectivity index (χ1) is 11.2. The molecule has 0 heterocycles. The lowest BCUT2D eigenvalue weighted by molar-refractivity contribution is -0.384. The highest BCUT2D eigenvalue weighted by atomic mass is 16.6. The molecule has 0 bridgehead atoms. The lowest BCUT2D eigenvalue weighted by Crippen LogP contribution is -2.34. The number of nitro groups is 1. The summed E-state index contributed by atoms with van der Waals surface area (Å²) < 4.78 is 0. The van der Waals surface area contributed by atoms with Gasteiger partial charge in [-0.2, -0.15) is 0 Å². The molecule has 0 spiro atoms. The number of anilines is 2. The molecule has 0 radical (unpaired) electrons. The second-order valence-corrected chi connectivity index (χ2v) is 7.93. The number of para-hydroxylation sites is 1. The number of nitro benzene ring substituents is 1. The summed E-state index contributed by atoms with van der Waals surface area (Å²) in [5, 5.41) is 14.9. The smallest absolute Gasteiger partial charge is 0.292 e. The van der Waals surface area contributed by atoms with E-state index in [1.807, 2.05) is 36.4 Å². The quantitative estimate of drug-likeness (QED) is 0.583. The first-order valence-corrected chi connectivity index (χ1v) is 8.36. The van der Waals surface area contributed by atoms with Crippen molar-refractivity contribution in [2.75, 3.05) is 5.32 Å². The Bertz CT molecular complexity index is 780. The van der Waals surface area contributed by atoms with Crippen molar-refractivity contribution in [2.24, 2.45) is 0 Å². The van der Waals surface area contributed by atoms with Gasteiger partial charge in [-0.3, -0.25) is 10.1 Å². The second-order valence-electron chi connectivity index (χ2n) is 7.93. The van der Waals surface area contributed by atoms with E-state index >= 15 is 0 Å². The molecule has 1 aliphatic carbocycles. The van der Waals surface area contributed by atoms with Crippen LogP contribution in [0.25, 0.3) is 0 Å². The highest BCUT2D eigenvalue weighted by Gasteiger charge is 2.39. The van der Waals surface area contributed by atoms with Crippen LogP contribution in [0, 0.1) is 10.1 Å². The van der Waals surface area contributed by atoms with Crippen LogP contribution in [-0.2, 0) is 10.8 Å². The van der Waals surface area contributed by atoms with Crippen molar-refractivity contribution in [3.8, 4) is 0 Å². The second kappa shape index (κ2) is 5.62. The summed E-state index contributed by atoms with van der Waals surface area (Å²) in [6, 6.07) is 13.4. The molecule has 24 heavy (non-hydrogen) atoms. The molecule has 0 saturated carbocycles. The molecule has 0 saturated heterocycles. The normalized spacial score (nSPS) is 17.8. The predicted octanol–water partition coefficient (Wildman–Crippen LogP) is 5.69. The van der Waals surface area contributed by atoms with E-state index in [1.165, 1.54) is 5.56 Å². The van der Waals surface area contributed by atoms with E-state index in [0.29, 0.717) is 5.69 Å². The van der Waals surface area contributed by atoms with Crippen molar-refractivity contribution in [3.05, 3.63) is 63.7 Å². The van der Waals surface area contributed by atoms with E-state index in [-0.39, 0.29) is 21.4 Å². The molecule has 4 heteroatoms. The average Bonchev–Trinajstić information content (AvgIpc) is 2.52. The van der Waals surface area contributed by atoms with Gasteiger partial charge in [-0.15, -0.1) is 0 Å². The highest BCUT2D eigenvalue weighted by Crippen LogP contribution is 2.48. The molecule has 1 aliphatic rings. The lowest BCUT2D eigenvalue weighted by Gasteiger charge is -2.41. The molecule has 126 valence electrons. The third kappa shape index (κ3) is 2.88. The van der Waals surface area contributed by atoms with Crippen LogP contribution in [0.3, 0.4) is 0 Å². The molecule has 3 rings (SSSR count). The number of hydrogen-bond donors (Lipinski definition) is 1. The van der Waals surface area contributed by atoms with Crippen molar-refractivity contribution < 1.29 is 4.92 Å². The van der Waals surface area contributed by atoms with Gasteiger partial charge in [0.15, 0.2) is 0 Å². The number of hydrogen-bond acceptors (Lipinski definition) is 3. The third-order valence-electron chi connectivity index (χ3n) is 5.22. The van der Waals surface area contributed by atoms with Gasteiger partial charge in [-0.25, -0.2) is 0 Å². The molecule has 0 amide bonds. The van der Waals surface area contributed by atoms with E-state index in [9.17, 15) is 10.1 Å². The van der Waals surface area contributed by atoms with Gasteiger partial charge in [-0.1, -0.05) is 45.9 Å². The largest absolute Gasteiger partial charge is 0.350 e. The Morgan fingerprint density at radius 3 is 2.04 bits per heavy atom. The van der Waals surface area contributed by atoms with Crippen LogP contribution < -0.4 is 5.32 Å². The van der Waals surface area contributed by atoms with Crippen LogP contribution in [0.4, 0.5) is 17.1 Å². The minimum Gasteiger partial charge on any atom is -0.350 e. The van der Waals surface area contributed by atoms with Gasteiger partial charge in [0.2, 0.25) is 0 Å². The van der Waals surface area contributed by atoms with E-state index in [1.54, 1.807) is 6.07 Å². The highest BCUT2D eigenvalue weighted by molar-refractivity contribution is 5.72. The number of rotatable bonds is 3. The summed E-state index contributed by atoms with van der Waals surface area (Å²) in [5.74, 6) is 0. The third-order valence-corrected chi connectivity index (χ3v) is 5.22. The maximum Gasteiger partial charge on any atom is 0.292 e. The van der Waals surface area contributed by atoms with Crippen molar-refractivity contribution >= 4 is 17.1 Å². The molecule has 0 aliphatic heterocycles. The predicted molar refractivity (Wildman–Crippen MR) is 98.1 cm³/mol. The van der Waals surface area contributed by atoms with E-state index in [2.05, 4.69) is 33.0 Å². The van der Waals surface area contributed by atoms with Crippen molar-refractivity contribution in [3.63, 3.8) is 0 Å². The lowest BCUT2D eigenvalue weighted by atomic mass is 9.63. The van der Waals surface area contributed by atoms with E-state index < -0.39 is 0 Å². The van der Waals surface area contributed by atoms with Gasteiger partial charge in [0.1, 0.15) is 5.69 Å². The van der Waals surface area contributed by atoms with Gasteiger partial charge in [0.05, 0.1) is 4.92 Å². The Morgan fingerprint density at radius 1 is 0.958 bits per heavy atom. The standard InChI is InChI=1S/C20H24N2O2/c1-19(2)10-11-20(3,4)16-13-18(22(23)24)17(12-15(16)19)21-14-8-6-5-7-9-14/h5-9,12-13,21H,10-11H2,1-4H3. The summed E-state index contributed by atoms with van der Waals surface area (Å²) in [4.78, 5) is 11.3. The molecule has 2 aromatic rings. The van der Waals surface area contributed by atoms with Crippen LogP contribution in [-0.4, -0.2) is 4.92 Å². The Labute approximate surface area is 143 Å². The first kappa shape index (κ1) is 16.5. The van der Waals surface area contributed by atoms with Gasteiger partial charge in [0.25, 0.3) is 5.69 Å². The van der Waals surface area contributed by atoms with Gasteiger partial charge in [0, 0.05) is 11.8 Å². The first-order valence-electron chi connectivity index (χ1n) is 8.36. The number of benzene rings is 2. The Kier molecular flexibility index (Phi) is 3.86. The summed E-state index contributed by atoms with van der Waals surface area (Å²) >= 11 is 0. The van der Waals surface area contributed by atoms with E-state index in [4.69, 9.17) is 0 Å². The van der Waals surface area contributed by atoms with Crippen LogP contribution in [0.15, 0.2) is 42.5 Å². The number of fused-ring (bicyclic) bond motifs is 1. The van der Waals surface area contributed by atoms with E-state index in [0.717, 1.165) is 24.1 Å². The van der Waals surface area contributed by atoms with Crippen LogP contribution in [0.1, 0.15) is 51.7 Å². The molecule has 0 atom stereocenters. The summed E-state index contributed by atoms with van der Waals surface area (Å²) in [5.41, 5.74) is 3.85. The molecule has 2 aromatic carbocycles. The number of nitrogens with one attached hydrogen (secondary N) is 1. The fourth-order valence-electron chi connectivity index (χ4n) is 3.53. The molecule has 1 N–H and O–H groups in total. The van der Waals surface area contributed by atoms with Crippen molar-refractivity contribution in [1.82, 2.24) is 0 Å². The molecular weight excluding hydrogens is 300 g/mol. The fourth-order valence-corrected chi connectivity index (χ4v) is 3.53. The SMILES string of the molecule is CC1(C)CCC(C)(C)c2cc([N+](=O)[O-])c(Nc3ccccc3)cc21. The fraction of sp³-hybridized carbons (Fsp3) is 0.400. The van der Waals surface area contributed by atoms with Crippen LogP contribution in [0.5, 0.6) is 0 Å². The molecule has 0 aromatic heterocycles. The van der Waals surface area contributed by atoms with Gasteiger partial charge >= 0.3 is 0 Å². The summed E-state index contributed by atoms with van der Waals surface area (Å²) in [6.07, 6.45) is 2.12. The zero-order chi connectivity index (χ0) is 17.5. The molecule has 0 fully saturated rings. The van der Waals surface area contributed by atoms with Crippen molar-refractivity contribution in [1.29, 1.82) is 0 Å². The van der Waals surface area contributed by atoms with Crippen LogP contribution >= 0.6 is 0 Å². The maximum atomic E-state index is 11.6. The summed E-state index contributed by atoms with van der Waals surface area (Å²) in [7, 11) is 0. The monoisotopic (exact) mass is 324 g/mol. The van der Waals surface area contributed by atoms with Gasteiger partial charge in [-0.05, 0) is 53.0 Å². The molecule has 0 unspecified atom stereocenters. The van der Waals surface area contributed by atoms with Crippen LogP contribution in [0.2, 0.25) is 0 Å². The zero-order valence-electron chi connectivity index (χ0n) is 14.7. The summed E-state index contributed by atoms with van der Waals surface area (Å²) in [6.45, 7) is 8.79. The van der Waals surface area contributed by atoms with Gasteiger partial charge < -0.3 is 5.32 Å². The molecular formula is C20H24N2O2. The zero-order valence-corrected chi connectivity index (χ0v) is 14.7. The Morgan fingerprint density at radius 2 is 1.50 bits per heavy atom. The Hall–Kier alpha value is -2.36. The Balaban J connectivity index is 2.17. The minimum absolute atomic E-state index is 0.0209. The van der Waals surface area contributed by atoms with Crippen molar-refractivity contribution in [2.45, 2.75) is 51.4 Å². The maximum absolute atomic E-state index is 11.6. The topological polar surface area (TPSA) is 55.2 Å².